The van der Waals surface area contributed by atoms with Crippen LogP contribution >= 0.6 is 0 Å². The molecule has 2 aromatic rings. The van der Waals surface area contributed by atoms with Crippen LogP contribution in [0.3, 0.4) is 0 Å². The summed E-state index contributed by atoms with van der Waals surface area (Å²) in [5.41, 5.74) is 4.87. The molecule has 21 heavy (non-hydrogen) atoms. The molecule has 0 aromatic heterocycles. The molecule has 0 bridgehead atoms. The first-order valence-electron chi connectivity index (χ1n) is 7.31. The molecule has 1 atom stereocenters. The van der Waals surface area contributed by atoms with Crippen LogP contribution in [0.15, 0.2) is 48.5 Å². The van der Waals surface area contributed by atoms with Crippen LogP contribution in [0.5, 0.6) is 0 Å². The molecule has 0 spiro atoms. The van der Waals surface area contributed by atoms with Gasteiger partial charge >= 0.3 is 5.97 Å². The van der Waals surface area contributed by atoms with E-state index in [1.54, 1.807) is 0 Å². The Morgan fingerprint density at radius 1 is 1.10 bits per heavy atom. The number of carboxylic acid groups (broad SMARTS) is 1. The zero-order valence-corrected chi connectivity index (χ0v) is 11.9. The van der Waals surface area contributed by atoms with Crippen molar-refractivity contribution in [1.29, 1.82) is 0 Å². The summed E-state index contributed by atoms with van der Waals surface area (Å²) >= 11 is 0. The SMILES string of the molecule is O=C(O)Cc1ccccc1CNCC1Cc2ccccc21. The van der Waals surface area contributed by atoms with Gasteiger partial charge in [0.2, 0.25) is 0 Å². The fourth-order valence-electron chi connectivity index (χ4n) is 2.99. The van der Waals surface area contributed by atoms with E-state index < -0.39 is 5.97 Å². The van der Waals surface area contributed by atoms with Crippen molar-refractivity contribution >= 4 is 5.97 Å². The number of hydrogen-bond acceptors (Lipinski definition) is 2. The van der Waals surface area contributed by atoms with Gasteiger partial charge in [-0.1, -0.05) is 48.5 Å². The van der Waals surface area contributed by atoms with E-state index in [0.29, 0.717) is 5.92 Å². The van der Waals surface area contributed by atoms with E-state index in [9.17, 15) is 4.79 Å². The minimum Gasteiger partial charge on any atom is -0.481 e. The highest BCUT2D eigenvalue weighted by Crippen LogP contribution is 2.34. The van der Waals surface area contributed by atoms with E-state index in [1.807, 2.05) is 24.3 Å². The van der Waals surface area contributed by atoms with Gasteiger partial charge in [0.15, 0.2) is 0 Å². The molecule has 0 amide bonds. The lowest BCUT2D eigenvalue weighted by Crippen LogP contribution is -2.29. The average Bonchev–Trinajstić information content (AvgIpc) is 2.45. The number of hydrogen-bond donors (Lipinski definition) is 2. The number of benzene rings is 2. The molecule has 108 valence electrons. The third-order valence-electron chi connectivity index (χ3n) is 4.13. The van der Waals surface area contributed by atoms with Crippen molar-refractivity contribution in [2.75, 3.05) is 6.54 Å². The Hall–Kier alpha value is -2.13. The van der Waals surface area contributed by atoms with Gasteiger partial charge in [-0.15, -0.1) is 0 Å². The molecule has 3 rings (SSSR count). The predicted octanol–water partition coefficient (Wildman–Crippen LogP) is 2.74. The first-order valence-corrected chi connectivity index (χ1v) is 7.31. The Labute approximate surface area is 124 Å². The molecular weight excluding hydrogens is 262 g/mol. The van der Waals surface area contributed by atoms with Gasteiger partial charge in [-0.3, -0.25) is 4.79 Å². The molecule has 3 nitrogen and oxygen atoms in total. The fourth-order valence-corrected chi connectivity index (χ4v) is 2.99. The molecule has 0 aliphatic heterocycles. The molecule has 0 radical (unpaired) electrons. The number of nitrogens with one attached hydrogen (secondary N) is 1. The van der Waals surface area contributed by atoms with Crippen molar-refractivity contribution in [3.8, 4) is 0 Å². The molecule has 1 aliphatic carbocycles. The van der Waals surface area contributed by atoms with Gasteiger partial charge < -0.3 is 10.4 Å². The lowest BCUT2D eigenvalue weighted by molar-refractivity contribution is -0.136. The number of carboxylic acids is 1. The van der Waals surface area contributed by atoms with Crippen LogP contribution in [0.4, 0.5) is 0 Å². The number of fused-ring (bicyclic) bond motifs is 1. The minimum absolute atomic E-state index is 0.0874. The van der Waals surface area contributed by atoms with Crippen molar-refractivity contribution in [2.24, 2.45) is 0 Å². The smallest absolute Gasteiger partial charge is 0.307 e. The van der Waals surface area contributed by atoms with Crippen LogP contribution in [-0.4, -0.2) is 17.6 Å². The minimum atomic E-state index is -0.782. The highest BCUT2D eigenvalue weighted by atomic mass is 16.4. The Morgan fingerprint density at radius 2 is 1.81 bits per heavy atom. The van der Waals surface area contributed by atoms with Crippen molar-refractivity contribution in [2.45, 2.75) is 25.3 Å². The maximum absolute atomic E-state index is 10.9. The van der Waals surface area contributed by atoms with Gasteiger partial charge in [-0.2, -0.15) is 0 Å². The van der Waals surface area contributed by atoms with Gasteiger partial charge in [0, 0.05) is 19.0 Å². The lowest BCUT2D eigenvalue weighted by Gasteiger charge is -2.30. The van der Waals surface area contributed by atoms with Crippen LogP contribution in [0, 0.1) is 0 Å². The second-order valence-corrected chi connectivity index (χ2v) is 5.57. The van der Waals surface area contributed by atoms with E-state index in [0.717, 1.165) is 30.6 Å². The normalized spacial score (nSPS) is 16.1. The maximum atomic E-state index is 10.9. The van der Waals surface area contributed by atoms with Crippen molar-refractivity contribution in [1.82, 2.24) is 5.32 Å². The number of rotatable bonds is 6. The molecule has 2 aromatic carbocycles. The van der Waals surface area contributed by atoms with Crippen LogP contribution in [0.25, 0.3) is 0 Å². The third kappa shape index (κ3) is 3.14. The van der Waals surface area contributed by atoms with Gasteiger partial charge in [-0.25, -0.2) is 0 Å². The molecule has 2 N–H and O–H groups in total. The highest BCUT2D eigenvalue weighted by Gasteiger charge is 2.24. The summed E-state index contributed by atoms with van der Waals surface area (Å²) in [6, 6.07) is 16.3. The molecule has 0 fully saturated rings. The summed E-state index contributed by atoms with van der Waals surface area (Å²) in [6.07, 6.45) is 1.23. The van der Waals surface area contributed by atoms with E-state index >= 15 is 0 Å². The molecule has 1 unspecified atom stereocenters. The van der Waals surface area contributed by atoms with E-state index in [-0.39, 0.29) is 6.42 Å². The van der Waals surface area contributed by atoms with E-state index in [1.165, 1.54) is 11.1 Å². The molecule has 0 heterocycles. The molecular formula is C18H19NO2. The topological polar surface area (TPSA) is 49.3 Å². The molecule has 3 heteroatoms. The van der Waals surface area contributed by atoms with Crippen LogP contribution in [-0.2, 0) is 24.2 Å². The van der Waals surface area contributed by atoms with Crippen LogP contribution in [0.2, 0.25) is 0 Å². The largest absolute Gasteiger partial charge is 0.481 e. The summed E-state index contributed by atoms with van der Waals surface area (Å²) in [5.74, 6) is -0.191. The summed E-state index contributed by atoms with van der Waals surface area (Å²) in [7, 11) is 0. The summed E-state index contributed by atoms with van der Waals surface area (Å²) < 4.78 is 0. The Balaban J connectivity index is 1.56. The molecule has 1 aliphatic rings. The Morgan fingerprint density at radius 3 is 2.57 bits per heavy atom. The summed E-state index contributed by atoms with van der Waals surface area (Å²) in [6.45, 7) is 1.67. The first kappa shape index (κ1) is 13.8. The zero-order valence-electron chi connectivity index (χ0n) is 11.9. The Kier molecular flexibility index (Phi) is 4.02. The first-order chi connectivity index (χ1) is 10.2. The summed E-state index contributed by atoms with van der Waals surface area (Å²) in [4.78, 5) is 10.9. The predicted molar refractivity (Wildman–Crippen MR) is 82.4 cm³/mol. The molecule has 0 saturated heterocycles. The number of carbonyl (C=O) groups is 1. The van der Waals surface area contributed by atoms with Crippen molar-refractivity contribution in [3.05, 3.63) is 70.8 Å². The maximum Gasteiger partial charge on any atom is 0.307 e. The monoisotopic (exact) mass is 281 g/mol. The molecule has 0 saturated carbocycles. The number of aliphatic carboxylic acids is 1. The summed E-state index contributed by atoms with van der Waals surface area (Å²) in [5, 5.41) is 12.4. The van der Waals surface area contributed by atoms with E-state index in [4.69, 9.17) is 5.11 Å². The lowest BCUT2D eigenvalue weighted by atomic mass is 9.77. The second-order valence-electron chi connectivity index (χ2n) is 5.57. The second kappa shape index (κ2) is 6.10. The van der Waals surface area contributed by atoms with Crippen LogP contribution < -0.4 is 5.32 Å². The highest BCUT2D eigenvalue weighted by molar-refractivity contribution is 5.70. The van der Waals surface area contributed by atoms with Gasteiger partial charge in [-0.05, 0) is 28.7 Å². The third-order valence-corrected chi connectivity index (χ3v) is 4.13. The standard InChI is InChI=1S/C18H19NO2/c20-18(21)10-13-5-1-2-7-15(13)11-19-12-16-9-14-6-3-4-8-17(14)16/h1-8,16,19H,9-12H2,(H,20,21). The fraction of sp³-hybridized carbons (Fsp3) is 0.278. The van der Waals surface area contributed by atoms with Crippen molar-refractivity contribution < 1.29 is 9.90 Å². The zero-order chi connectivity index (χ0) is 14.7. The van der Waals surface area contributed by atoms with Gasteiger partial charge in [0.1, 0.15) is 0 Å². The quantitative estimate of drug-likeness (QED) is 0.856. The van der Waals surface area contributed by atoms with E-state index in [2.05, 4.69) is 29.6 Å². The van der Waals surface area contributed by atoms with Gasteiger partial charge in [0.05, 0.1) is 6.42 Å². The van der Waals surface area contributed by atoms with Gasteiger partial charge in [0.25, 0.3) is 0 Å². The van der Waals surface area contributed by atoms with Crippen molar-refractivity contribution in [3.63, 3.8) is 0 Å². The Bertz CT molecular complexity index is 651. The van der Waals surface area contributed by atoms with Crippen LogP contribution in [0.1, 0.15) is 28.2 Å². The average molecular weight is 281 g/mol.